The van der Waals surface area contributed by atoms with Crippen LogP contribution in [0.1, 0.15) is 23.2 Å². The lowest BCUT2D eigenvalue weighted by Gasteiger charge is -2.44. The van der Waals surface area contributed by atoms with Gasteiger partial charge in [0.25, 0.3) is 5.91 Å². The Morgan fingerprint density at radius 3 is 2.47 bits per heavy atom. The second kappa shape index (κ2) is 8.43. The van der Waals surface area contributed by atoms with Crippen molar-refractivity contribution in [2.45, 2.75) is 17.7 Å². The highest BCUT2D eigenvalue weighted by atomic mass is 35.5. The summed E-state index contributed by atoms with van der Waals surface area (Å²) in [5.41, 5.74) is 0.685. The van der Waals surface area contributed by atoms with E-state index >= 15 is 0 Å². The van der Waals surface area contributed by atoms with Crippen molar-refractivity contribution in [2.24, 2.45) is 0 Å². The third kappa shape index (κ3) is 3.98. The molecule has 2 fully saturated rings. The summed E-state index contributed by atoms with van der Waals surface area (Å²) < 4.78 is 26.4. The van der Waals surface area contributed by atoms with Gasteiger partial charge < -0.3 is 15.1 Å². The van der Waals surface area contributed by atoms with Gasteiger partial charge in [-0.15, -0.1) is 11.8 Å². The van der Waals surface area contributed by atoms with Crippen molar-refractivity contribution >= 4 is 41.0 Å². The van der Waals surface area contributed by atoms with Crippen molar-refractivity contribution in [2.75, 3.05) is 30.7 Å². The largest absolute Gasteiger partial charge is 0.324 e. The molecular weight excluding hydrogens is 432 g/mol. The number of urea groups is 1. The molecule has 2 saturated heterocycles. The molecule has 158 valence electrons. The van der Waals surface area contributed by atoms with E-state index in [2.05, 4.69) is 5.32 Å². The second-order valence-corrected chi connectivity index (χ2v) is 9.14. The van der Waals surface area contributed by atoms with Gasteiger partial charge in [-0.3, -0.25) is 4.79 Å². The van der Waals surface area contributed by atoms with E-state index < -0.39 is 11.6 Å². The summed E-state index contributed by atoms with van der Waals surface area (Å²) in [5, 5.41) is 3.03. The predicted octanol–water partition coefficient (Wildman–Crippen LogP) is 4.83. The van der Waals surface area contributed by atoms with Crippen LogP contribution in [0.4, 0.5) is 19.3 Å². The van der Waals surface area contributed by atoms with Crippen LogP contribution in [-0.4, -0.2) is 52.0 Å². The number of carbonyl (C=O) groups excluding carboxylic acids is 2. The minimum absolute atomic E-state index is 0.0923. The number of thioether (sulfide) groups is 1. The zero-order valence-corrected chi connectivity index (χ0v) is 17.6. The number of hydrogen-bond acceptors (Lipinski definition) is 3. The van der Waals surface area contributed by atoms with Crippen LogP contribution in [0.3, 0.4) is 0 Å². The van der Waals surface area contributed by atoms with E-state index in [9.17, 15) is 18.4 Å². The summed E-state index contributed by atoms with van der Waals surface area (Å²) in [6.45, 7) is 1.54. The van der Waals surface area contributed by atoms with Gasteiger partial charge in [-0.1, -0.05) is 23.7 Å². The molecule has 0 aromatic heterocycles. The van der Waals surface area contributed by atoms with Gasteiger partial charge in [-0.25, -0.2) is 13.6 Å². The number of nitrogens with one attached hydrogen (secondary N) is 1. The monoisotopic (exact) mass is 451 g/mol. The highest BCUT2D eigenvalue weighted by Crippen LogP contribution is 2.45. The van der Waals surface area contributed by atoms with Gasteiger partial charge in [0.2, 0.25) is 0 Å². The minimum Gasteiger partial charge on any atom is -0.324 e. The molecule has 2 heterocycles. The van der Waals surface area contributed by atoms with Gasteiger partial charge in [-0.2, -0.15) is 0 Å². The number of rotatable bonds is 2. The lowest BCUT2D eigenvalue weighted by molar-refractivity contribution is 0.0586. The molecule has 0 bridgehead atoms. The van der Waals surface area contributed by atoms with Crippen LogP contribution in [0.5, 0.6) is 0 Å². The van der Waals surface area contributed by atoms with Gasteiger partial charge in [0, 0.05) is 37.1 Å². The number of hydrogen-bond donors (Lipinski definition) is 1. The average Bonchev–Trinajstić information content (AvgIpc) is 3.14. The first-order chi connectivity index (χ1) is 14.4. The fourth-order valence-electron chi connectivity index (χ4n) is 3.93. The first kappa shape index (κ1) is 20.9. The summed E-state index contributed by atoms with van der Waals surface area (Å²) in [4.78, 5) is 28.8. The molecule has 9 heteroatoms. The van der Waals surface area contributed by atoms with Crippen molar-refractivity contribution in [3.63, 3.8) is 0 Å². The van der Waals surface area contributed by atoms with E-state index in [4.69, 9.17) is 11.6 Å². The molecule has 2 aromatic carbocycles. The van der Waals surface area contributed by atoms with Crippen molar-refractivity contribution in [3.05, 3.63) is 64.7 Å². The smallest absolute Gasteiger partial charge is 0.321 e. The maximum Gasteiger partial charge on any atom is 0.321 e. The molecule has 0 saturated carbocycles. The number of benzene rings is 2. The fourth-order valence-corrected chi connectivity index (χ4v) is 5.60. The Labute approximate surface area is 182 Å². The Hall–Kier alpha value is -2.32. The van der Waals surface area contributed by atoms with Crippen molar-refractivity contribution < 1.29 is 18.4 Å². The van der Waals surface area contributed by atoms with E-state index in [0.717, 1.165) is 17.9 Å². The third-order valence-corrected chi connectivity index (χ3v) is 7.41. The standard InChI is InChI=1S/C21H20ClF2N3O2S/c22-16-4-2-1-3-15(16)19(28)27-11-12-30-21(27)7-9-26(10-8-21)20(29)25-14-5-6-17(23)18(24)13-14/h1-6,13H,7-12H2,(H,25,29). The summed E-state index contributed by atoms with van der Waals surface area (Å²) in [6, 6.07) is 9.89. The maximum atomic E-state index is 13.4. The molecule has 2 aliphatic rings. The van der Waals surface area contributed by atoms with Crippen molar-refractivity contribution in [1.82, 2.24) is 9.80 Å². The molecule has 1 N–H and O–H groups in total. The number of amides is 3. The molecule has 2 aliphatic heterocycles. The summed E-state index contributed by atoms with van der Waals surface area (Å²) >= 11 is 7.96. The predicted molar refractivity (Wildman–Crippen MR) is 114 cm³/mol. The first-order valence-electron chi connectivity index (χ1n) is 9.61. The molecule has 3 amide bonds. The van der Waals surface area contributed by atoms with Crippen molar-refractivity contribution in [3.8, 4) is 0 Å². The average molecular weight is 452 g/mol. The van der Waals surface area contributed by atoms with Crippen LogP contribution < -0.4 is 5.32 Å². The SMILES string of the molecule is O=C(Nc1ccc(F)c(F)c1)N1CCC2(CC1)SCCN2C(=O)c1ccccc1Cl. The van der Waals surface area contributed by atoms with Gasteiger partial charge in [0.05, 0.1) is 15.5 Å². The van der Waals surface area contributed by atoms with E-state index in [1.54, 1.807) is 40.9 Å². The molecule has 2 aromatic rings. The Morgan fingerprint density at radius 2 is 1.77 bits per heavy atom. The Kier molecular flexibility index (Phi) is 5.88. The molecule has 5 nitrogen and oxygen atoms in total. The van der Waals surface area contributed by atoms with Gasteiger partial charge in [-0.05, 0) is 37.1 Å². The highest BCUT2D eigenvalue weighted by molar-refractivity contribution is 8.00. The van der Waals surface area contributed by atoms with Crippen LogP contribution >= 0.6 is 23.4 Å². The topological polar surface area (TPSA) is 52.7 Å². The first-order valence-corrected chi connectivity index (χ1v) is 11.0. The zero-order valence-electron chi connectivity index (χ0n) is 16.0. The van der Waals surface area contributed by atoms with Gasteiger partial charge >= 0.3 is 6.03 Å². The third-order valence-electron chi connectivity index (χ3n) is 5.53. The number of halogens is 3. The number of likely N-dealkylation sites (tertiary alicyclic amines) is 1. The van der Waals surface area contributed by atoms with E-state index in [0.29, 0.717) is 43.1 Å². The van der Waals surface area contributed by atoms with Crippen LogP contribution in [0.2, 0.25) is 5.02 Å². The summed E-state index contributed by atoms with van der Waals surface area (Å²) in [5.74, 6) is -1.24. The molecule has 0 aliphatic carbocycles. The fraction of sp³-hybridized carbons (Fsp3) is 0.333. The lowest BCUT2D eigenvalue weighted by Crippen LogP contribution is -2.54. The molecular formula is C21H20ClF2N3O2S. The second-order valence-electron chi connectivity index (χ2n) is 7.28. The Morgan fingerprint density at radius 1 is 1.03 bits per heavy atom. The van der Waals surface area contributed by atoms with E-state index in [-0.39, 0.29) is 22.5 Å². The van der Waals surface area contributed by atoms with Crippen LogP contribution in [0.15, 0.2) is 42.5 Å². The normalized spacial score (nSPS) is 18.0. The summed E-state index contributed by atoms with van der Waals surface area (Å²) in [7, 11) is 0. The molecule has 0 radical (unpaired) electrons. The van der Waals surface area contributed by atoms with E-state index in [1.807, 2.05) is 4.90 Å². The van der Waals surface area contributed by atoms with E-state index in [1.165, 1.54) is 6.07 Å². The Balaban J connectivity index is 1.42. The Bertz CT molecular complexity index is 982. The number of anilines is 1. The zero-order chi connectivity index (χ0) is 21.3. The van der Waals surface area contributed by atoms with Crippen molar-refractivity contribution in [1.29, 1.82) is 0 Å². The number of carbonyl (C=O) groups is 2. The number of nitrogens with zero attached hydrogens (tertiary/aromatic N) is 2. The number of piperidine rings is 1. The van der Waals surface area contributed by atoms with Crippen LogP contribution in [-0.2, 0) is 0 Å². The molecule has 4 rings (SSSR count). The maximum absolute atomic E-state index is 13.4. The highest BCUT2D eigenvalue weighted by Gasteiger charge is 2.47. The van der Waals surface area contributed by atoms with Gasteiger partial charge in [0.1, 0.15) is 0 Å². The summed E-state index contributed by atoms with van der Waals surface area (Å²) in [6.07, 6.45) is 1.25. The lowest BCUT2D eigenvalue weighted by atomic mass is 10.0. The van der Waals surface area contributed by atoms with Gasteiger partial charge in [0.15, 0.2) is 11.6 Å². The quantitative estimate of drug-likeness (QED) is 0.711. The molecule has 30 heavy (non-hydrogen) atoms. The minimum atomic E-state index is -1.01. The van der Waals surface area contributed by atoms with Crippen LogP contribution in [0.25, 0.3) is 0 Å². The molecule has 0 atom stereocenters. The molecule has 0 unspecified atom stereocenters. The van der Waals surface area contributed by atoms with Crippen LogP contribution in [0, 0.1) is 11.6 Å². The molecule has 1 spiro atoms.